The van der Waals surface area contributed by atoms with Gasteiger partial charge in [-0.3, -0.25) is 4.79 Å². The zero-order valence-electron chi connectivity index (χ0n) is 23.7. The Morgan fingerprint density at radius 1 is 1.03 bits per heavy atom. The van der Waals surface area contributed by atoms with Gasteiger partial charge in [-0.05, 0) is 101 Å². The molecule has 5 rings (SSSR count). The number of epoxide rings is 2. The largest absolute Gasteiger partial charge is 0.481 e. The van der Waals surface area contributed by atoms with E-state index in [0.717, 1.165) is 56.1 Å². The minimum Gasteiger partial charge on any atom is -0.481 e. The van der Waals surface area contributed by atoms with Crippen molar-refractivity contribution < 1.29 is 28.8 Å². The van der Waals surface area contributed by atoms with Gasteiger partial charge in [0.2, 0.25) is 0 Å². The summed E-state index contributed by atoms with van der Waals surface area (Å²) in [7, 11) is 0. The summed E-state index contributed by atoms with van der Waals surface area (Å²) in [5, 5.41) is 9.86. The predicted molar refractivity (Wildman–Crippen MR) is 140 cm³/mol. The number of aliphatic carboxylic acids is 1. The van der Waals surface area contributed by atoms with E-state index in [0.29, 0.717) is 37.9 Å². The molecule has 8 atom stereocenters. The number of carboxylic acid groups (broad SMARTS) is 1. The molecule has 0 amide bonds. The van der Waals surface area contributed by atoms with Crippen molar-refractivity contribution in [1.82, 2.24) is 0 Å². The number of hydrogen-bond acceptors (Lipinski definition) is 5. The van der Waals surface area contributed by atoms with Crippen molar-refractivity contribution in [1.29, 1.82) is 0 Å². The van der Waals surface area contributed by atoms with Crippen LogP contribution >= 0.6 is 0 Å². The Morgan fingerprint density at radius 3 is 2.31 bits per heavy atom. The monoisotopic (exact) mass is 508 g/mol. The van der Waals surface area contributed by atoms with E-state index in [4.69, 9.17) is 18.9 Å². The molecule has 0 radical (unpaired) electrons. The van der Waals surface area contributed by atoms with Gasteiger partial charge in [0.15, 0.2) is 0 Å². The molecule has 6 nitrogen and oxygen atoms in total. The normalized spacial score (nSPS) is 41.5. The van der Waals surface area contributed by atoms with Gasteiger partial charge in [-0.2, -0.15) is 0 Å². The third-order valence-electron chi connectivity index (χ3n) is 10.3. The quantitative estimate of drug-likeness (QED) is 0.387. The van der Waals surface area contributed by atoms with Gasteiger partial charge in [0.1, 0.15) is 12.2 Å². The van der Waals surface area contributed by atoms with Gasteiger partial charge in [-0.15, -0.1) is 0 Å². The number of fused-ring (bicyclic) bond motifs is 3. The molecule has 3 aliphatic carbocycles. The average Bonchev–Trinajstić information content (AvgIpc) is 3.73. The molecule has 0 bridgehead atoms. The zero-order chi connectivity index (χ0) is 26.1. The summed E-state index contributed by atoms with van der Waals surface area (Å²) in [6.45, 7) is 17.0. The first-order chi connectivity index (χ1) is 16.9. The van der Waals surface area contributed by atoms with Gasteiger partial charge in [-0.25, -0.2) is 0 Å². The number of carboxylic acids is 1. The van der Waals surface area contributed by atoms with E-state index >= 15 is 0 Å². The minimum absolute atomic E-state index is 0.221. The standard InChI is InChI=1S/C20H34O2.C10H18O4/c1-13(2)14-6-8-16-15(12-14)7-9-17-19(16,3)10-5-11-20(17,4)18(21)22;1-10(2,14-6-9-5-13-9)7-11-3-8-4-12-8/h13-17H,5-12H2,1-4H3,(H,21,22);8-9H,3-7H2,1-2H3. The van der Waals surface area contributed by atoms with Gasteiger partial charge in [0.25, 0.3) is 0 Å². The van der Waals surface area contributed by atoms with Crippen LogP contribution < -0.4 is 0 Å². The summed E-state index contributed by atoms with van der Waals surface area (Å²) in [6, 6.07) is 0. The van der Waals surface area contributed by atoms with Gasteiger partial charge < -0.3 is 24.1 Å². The topological polar surface area (TPSA) is 80.8 Å². The third-order valence-corrected chi connectivity index (χ3v) is 10.3. The van der Waals surface area contributed by atoms with E-state index in [1.165, 1.54) is 32.1 Å². The van der Waals surface area contributed by atoms with Gasteiger partial charge in [0.05, 0.1) is 44.1 Å². The van der Waals surface area contributed by atoms with Crippen LogP contribution in [0.25, 0.3) is 0 Å². The third kappa shape index (κ3) is 6.65. The number of carbonyl (C=O) groups is 1. The van der Waals surface area contributed by atoms with Crippen LogP contribution in [0.2, 0.25) is 0 Å². The molecular formula is C30H52O6. The van der Waals surface area contributed by atoms with Crippen molar-refractivity contribution in [3.8, 4) is 0 Å². The van der Waals surface area contributed by atoms with Crippen LogP contribution in [-0.2, 0) is 23.7 Å². The van der Waals surface area contributed by atoms with Crippen molar-refractivity contribution in [2.75, 3.05) is 33.0 Å². The molecule has 208 valence electrons. The smallest absolute Gasteiger partial charge is 0.309 e. The molecule has 2 heterocycles. The maximum Gasteiger partial charge on any atom is 0.309 e. The number of hydrogen-bond donors (Lipinski definition) is 1. The van der Waals surface area contributed by atoms with Crippen molar-refractivity contribution in [3.63, 3.8) is 0 Å². The lowest BCUT2D eigenvalue weighted by atomic mass is 9.43. The van der Waals surface area contributed by atoms with Crippen molar-refractivity contribution in [2.24, 2.45) is 40.4 Å². The fraction of sp³-hybridized carbons (Fsp3) is 0.967. The molecule has 8 unspecified atom stereocenters. The van der Waals surface area contributed by atoms with Crippen molar-refractivity contribution in [3.05, 3.63) is 0 Å². The Bertz CT molecular complexity index is 744. The maximum absolute atomic E-state index is 12.0. The molecule has 0 aromatic rings. The molecule has 5 fully saturated rings. The summed E-state index contributed by atoms with van der Waals surface area (Å²) >= 11 is 0. The molecule has 3 saturated carbocycles. The van der Waals surface area contributed by atoms with Gasteiger partial charge >= 0.3 is 5.97 Å². The lowest BCUT2D eigenvalue weighted by Crippen LogP contribution is -2.56. The molecule has 6 heteroatoms. The molecule has 2 aliphatic heterocycles. The lowest BCUT2D eigenvalue weighted by molar-refractivity contribution is -0.173. The fourth-order valence-corrected chi connectivity index (χ4v) is 7.86. The fourth-order valence-electron chi connectivity index (χ4n) is 7.86. The first kappa shape index (κ1) is 28.3. The Hall–Kier alpha value is -0.690. The number of ether oxygens (including phenoxy) is 4. The van der Waals surface area contributed by atoms with E-state index in [-0.39, 0.29) is 11.0 Å². The molecule has 5 aliphatic rings. The summed E-state index contributed by atoms with van der Waals surface area (Å²) in [5.41, 5.74) is -0.427. The van der Waals surface area contributed by atoms with Crippen LogP contribution in [0, 0.1) is 40.4 Å². The number of rotatable bonds is 9. The van der Waals surface area contributed by atoms with Gasteiger partial charge in [0, 0.05) is 0 Å². The highest BCUT2D eigenvalue weighted by Crippen LogP contribution is 2.64. The highest BCUT2D eigenvalue weighted by atomic mass is 16.6. The second-order valence-corrected chi connectivity index (χ2v) is 13.9. The Kier molecular flexibility index (Phi) is 8.81. The molecule has 0 aromatic heterocycles. The molecule has 1 N–H and O–H groups in total. The average molecular weight is 509 g/mol. The Morgan fingerprint density at radius 2 is 1.69 bits per heavy atom. The molecule has 0 spiro atoms. The van der Waals surface area contributed by atoms with Crippen LogP contribution in [0.5, 0.6) is 0 Å². The van der Waals surface area contributed by atoms with E-state index in [1.807, 2.05) is 20.8 Å². The van der Waals surface area contributed by atoms with E-state index < -0.39 is 11.4 Å². The summed E-state index contributed by atoms with van der Waals surface area (Å²) < 4.78 is 21.3. The van der Waals surface area contributed by atoms with E-state index in [2.05, 4.69) is 20.8 Å². The first-order valence-electron chi connectivity index (χ1n) is 14.6. The second kappa shape index (κ2) is 11.2. The predicted octanol–water partition coefficient (Wildman–Crippen LogP) is 5.96. The van der Waals surface area contributed by atoms with Crippen LogP contribution in [-0.4, -0.2) is 61.9 Å². The maximum atomic E-state index is 12.0. The molecule has 2 saturated heterocycles. The van der Waals surface area contributed by atoms with Crippen LogP contribution in [0.15, 0.2) is 0 Å². The van der Waals surface area contributed by atoms with Crippen LogP contribution in [0.1, 0.15) is 92.9 Å². The van der Waals surface area contributed by atoms with Crippen LogP contribution in [0.3, 0.4) is 0 Å². The highest BCUT2D eigenvalue weighted by molar-refractivity contribution is 5.75. The second-order valence-electron chi connectivity index (χ2n) is 13.9. The molecule has 0 aromatic carbocycles. The van der Waals surface area contributed by atoms with E-state index in [9.17, 15) is 9.90 Å². The SMILES string of the molecule is CC(C)(COCC1CO1)OCC1CO1.CC(C)C1CCC2C(CCC3C(C)(C(=O)O)CCCC23C)C1. The molecular weight excluding hydrogens is 456 g/mol. The molecule has 36 heavy (non-hydrogen) atoms. The van der Waals surface area contributed by atoms with E-state index in [1.54, 1.807) is 0 Å². The highest BCUT2D eigenvalue weighted by Gasteiger charge is 2.59. The summed E-state index contributed by atoms with van der Waals surface area (Å²) in [5.74, 6) is 3.19. The Labute approximate surface area is 219 Å². The van der Waals surface area contributed by atoms with Crippen molar-refractivity contribution >= 4 is 5.97 Å². The first-order valence-corrected chi connectivity index (χ1v) is 14.6. The minimum atomic E-state index is -0.544. The van der Waals surface area contributed by atoms with Crippen LogP contribution in [0.4, 0.5) is 0 Å². The zero-order valence-corrected chi connectivity index (χ0v) is 23.7. The van der Waals surface area contributed by atoms with Gasteiger partial charge in [-0.1, -0.05) is 27.2 Å². The lowest BCUT2D eigenvalue weighted by Gasteiger charge is -2.60. The summed E-state index contributed by atoms with van der Waals surface area (Å²) in [4.78, 5) is 12.0. The van der Waals surface area contributed by atoms with Crippen molar-refractivity contribution in [2.45, 2.75) is 111 Å². The Balaban J connectivity index is 0.000000187. The summed E-state index contributed by atoms with van der Waals surface area (Å²) in [6.07, 6.45) is 10.4.